The molecule has 0 radical (unpaired) electrons. The maximum atomic E-state index is 13.1. The first-order chi connectivity index (χ1) is 15.9. The molecule has 2 aromatic heterocycles. The number of amides is 2. The normalized spacial score (nSPS) is 14.2. The summed E-state index contributed by atoms with van der Waals surface area (Å²) < 4.78 is 2.08. The molecule has 0 unspecified atom stereocenters. The van der Waals surface area contributed by atoms with Gasteiger partial charge in [-0.15, -0.1) is 0 Å². The summed E-state index contributed by atoms with van der Waals surface area (Å²) in [5, 5.41) is 14.0. The number of nitro groups is 1. The van der Waals surface area contributed by atoms with Crippen LogP contribution in [0.5, 0.6) is 0 Å². The lowest BCUT2D eigenvalue weighted by atomic mass is 9.95. The maximum absolute atomic E-state index is 13.1. The van der Waals surface area contributed by atoms with Crippen LogP contribution < -0.4 is 5.32 Å². The molecule has 33 heavy (non-hydrogen) atoms. The number of rotatable bonds is 6. The molecule has 0 atom stereocenters. The Morgan fingerprint density at radius 1 is 1.15 bits per heavy atom. The molecule has 1 N–H and O–H groups in total. The van der Waals surface area contributed by atoms with Crippen LogP contribution in [0, 0.1) is 10.1 Å². The Balaban J connectivity index is 1.47. The van der Waals surface area contributed by atoms with Crippen molar-refractivity contribution >= 4 is 23.2 Å². The molecule has 3 aromatic rings. The van der Waals surface area contributed by atoms with E-state index in [1.165, 1.54) is 25.1 Å². The van der Waals surface area contributed by atoms with Gasteiger partial charge in [-0.2, -0.15) is 0 Å². The summed E-state index contributed by atoms with van der Waals surface area (Å²) in [5.74, 6) is 0.397. The van der Waals surface area contributed by atoms with Gasteiger partial charge in [0.1, 0.15) is 11.4 Å². The number of hydrogen-bond donors (Lipinski definition) is 1. The maximum Gasteiger partial charge on any atom is 0.282 e. The van der Waals surface area contributed by atoms with E-state index < -0.39 is 10.8 Å². The highest BCUT2D eigenvalue weighted by atomic mass is 16.6. The SMILES string of the molecule is CC(=O)Nc1ccc([N+](=O)[O-])c(C(=O)N2CCC(c3nccn3Cc3ccccn3)CC2)c1. The molecule has 4 rings (SSSR count). The van der Waals surface area contributed by atoms with Crippen molar-refractivity contribution in [3.8, 4) is 0 Å². The Morgan fingerprint density at radius 2 is 1.94 bits per heavy atom. The van der Waals surface area contributed by atoms with E-state index in [2.05, 4.69) is 19.9 Å². The first-order valence-corrected chi connectivity index (χ1v) is 10.7. The van der Waals surface area contributed by atoms with Gasteiger partial charge in [0.05, 0.1) is 17.2 Å². The van der Waals surface area contributed by atoms with Crippen LogP contribution >= 0.6 is 0 Å². The molecule has 0 saturated carbocycles. The predicted molar refractivity (Wildman–Crippen MR) is 121 cm³/mol. The Hall–Kier alpha value is -4.08. The fourth-order valence-electron chi connectivity index (χ4n) is 4.14. The Labute approximate surface area is 190 Å². The van der Waals surface area contributed by atoms with Gasteiger partial charge >= 0.3 is 0 Å². The molecule has 10 heteroatoms. The van der Waals surface area contributed by atoms with Crippen LogP contribution in [0.2, 0.25) is 0 Å². The third-order valence-corrected chi connectivity index (χ3v) is 5.70. The molecular weight excluding hydrogens is 424 g/mol. The van der Waals surface area contributed by atoms with Crippen molar-refractivity contribution in [2.24, 2.45) is 0 Å². The van der Waals surface area contributed by atoms with E-state index in [9.17, 15) is 19.7 Å². The van der Waals surface area contributed by atoms with Crippen LogP contribution in [-0.4, -0.2) is 49.3 Å². The van der Waals surface area contributed by atoms with Crippen molar-refractivity contribution in [3.63, 3.8) is 0 Å². The minimum absolute atomic E-state index is 0.0265. The molecule has 2 amide bonds. The number of anilines is 1. The van der Waals surface area contributed by atoms with Crippen molar-refractivity contribution in [1.29, 1.82) is 0 Å². The minimum Gasteiger partial charge on any atom is -0.338 e. The monoisotopic (exact) mass is 448 g/mol. The van der Waals surface area contributed by atoms with E-state index >= 15 is 0 Å². The zero-order chi connectivity index (χ0) is 23.4. The van der Waals surface area contributed by atoms with Gasteiger partial charge in [0.25, 0.3) is 11.6 Å². The first kappa shape index (κ1) is 22.1. The van der Waals surface area contributed by atoms with E-state index in [4.69, 9.17) is 0 Å². The lowest BCUT2D eigenvalue weighted by molar-refractivity contribution is -0.385. The summed E-state index contributed by atoms with van der Waals surface area (Å²) in [6.07, 6.45) is 6.86. The number of nitrogens with zero attached hydrogens (tertiary/aromatic N) is 5. The van der Waals surface area contributed by atoms with E-state index in [1.807, 2.05) is 24.4 Å². The largest absolute Gasteiger partial charge is 0.338 e. The number of carbonyl (C=O) groups is 2. The fourth-order valence-corrected chi connectivity index (χ4v) is 4.14. The van der Waals surface area contributed by atoms with Gasteiger partial charge in [0.2, 0.25) is 5.91 Å². The molecule has 1 aromatic carbocycles. The number of nitro benzene ring substituents is 1. The quantitative estimate of drug-likeness (QED) is 0.456. The number of piperidine rings is 1. The van der Waals surface area contributed by atoms with Crippen molar-refractivity contribution in [1.82, 2.24) is 19.4 Å². The van der Waals surface area contributed by atoms with E-state index in [0.717, 1.165) is 11.5 Å². The van der Waals surface area contributed by atoms with Crippen LogP contribution in [-0.2, 0) is 11.3 Å². The molecular formula is C23H24N6O4. The Kier molecular flexibility index (Phi) is 6.43. The fraction of sp³-hybridized carbons (Fsp3) is 0.304. The molecule has 1 aliphatic rings. The topological polar surface area (TPSA) is 123 Å². The van der Waals surface area contributed by atoms with Gasteiger partial charge in [0, 0.05) is 56.3 Å². The average Bonchev–Trinajstić information content (AvgIpc) is 3.27. The van der Waals surface area contributed by atoms with Gasteiger partial charge in [0.15, 0.2) is 0 Å². The van der Waals surface area contributed by atoms with Crippen LogP contribution in [0.4, 0.5) is 11.4 Å². The molecule has 0 bridgehead atoms. The summed E-state index contributed by atoms with van der Waals surface area (Å²) in [5.41, 5.74) is 0.988. The highest BCUT2D eigenvalue weighted by molar-refractivity contribution is 6.00. The van der Waals surface area contributed by atoms with Gasteiger partial charge < -0.3 is 14.8 Å². The summed E-state index contributed by atoms with van der Waals surface area (Å²) in [6.45, 7) is 2.88. The van der Waals surface area contributed by atoms with Gasteiger partial charge in [-0.25, -0.2) is 4.98 Å². The second-order valence-corrected chi connectivity index (χ2v) is 7.97. The number of pyridine rings is 1. The first-order valence-electron chi connectivity index (χ1n) is 10.7. The molecule has 1 aliphatic heterocycles. The van der Waals surface area contributed by atoms with Crippen molar-refractivity contribution < 1.29 is 14.5 Å². The smallest absolute Gasteiger partial charge is 0.282 e. The summed E-state index contributed by atoms with van der Waals surface area (Å²) in [6, 6.07) is 9.83. The number of likely N-dealkylation sites (tertiary alicyclic amines) is 1. The number of aromatic nitrogens is 3. The molecule has 1 fully saturated rings. The molecule has 170 valence electrons. The van der Waals surface area contributed by atoms with E-state index in [-0.39, 0.29) is 23.1 Å². The third kappa shape index (κ3) is 5.05. The number of hydrogen-bond acceptors (Lipinski definition) is 6. The summed E-state index contributed by atoms with van der Waals surface area (Å²) >= 11 is 0. The molecule has 1 saturated heterocycles. The average molecular weight is 448 g/mol. The third-order valence-electron chi connectivity index (χ3n) is 5.70. The predicted octanol–water partition coefficient (Wildman–Crippen LogP) is 3.21. The van der Waals surface area contributed by atoms with Crippen molar-refractivity contribution in [2.45, 2.75) is 32.2 Å². The summed E-state index contributed by atoms with van der Waals surface area (Å²) in [4.78, 5) is 45.9. The van der Waals surface area contributed by atoms with Crippen LogP contribution in [0.3, 0.4) is 0 Å². The molecule has 0 spiro atoms. The zero-order valence-electron chi connectivity index (χ0n) is 18.2. The van der Waals surface area contributed by atoms with Gasteiger partial charge in [-0.1, -0.05) is 6.07 Å². The summed E-state index contributed by atoms with van der Waals surface area (Å²) in [7, 11) is 0. The lowest BCUT2D eigenvalue weighted by Crippen LogP contribution is -2.38. The molecule has 10 nitrogen and oxygen atoms in total. The zero-order valence-corrected chi connectivity index (χ0v) is 18.2. The number of benzene rings is 1. The number of nitrogens with one attached hydrogen (secondary N) is 1. The van der Waals surface area contributed by atoms with Crippen molar-refractivity contribution in [2.75, 3.05) is 18.4 Å². The molecule has 3 heterocycles. The van der Waals surface area contributed by atoms with Crippen LogP contribution in [0.25, 0.3) is 0 Å². The van der Waals surface area contributed by atoms with E-state index in [0.29, 0.717) is 38.2 Å². The second kappa shape index (κ2) is 9.60. The molecule has 0 aliphatic carbocycles. The van der Waals surface area contributed by atoms with Gasteiger partial charge in [-0.05, 0) is 37.1 Å². The standard InChI is InChI=1S/C23H24N6O4/c1-16(30)26-18-5-6-21(29(32)33)20(14-18)23(31)27-11-7-17(8-12-27)22-25-10-13-28(22)15-19-4-2-3-9-24-19/h2-6,9-10,13-14,17H,7-8,11-12,15H2,1H3,(H,26,30). The Morgan fingerprint density at radius 3 is 2.61 bits per heavy atom. The minimum atomic E-state index is -0.577. The highest BCUT2D eigenvalue weighted by Gasteiger charge is 2.30. The number of imidazole rings is 1. The van der Waals surface area contributed by atoms with Crippen molar-refractivity contribution in [3.05, 3.63) is 82.2 Å². The number of carbonyl (C=O) groups excluding carboxylic acids is 2. The van der Waals surface area contributed by atoms with E-state index in [1.54, 1.807) is 17.3 Å². The van der Waals surface area contributed by atoms with Crippen LogP contribution in [0.15, 0.2) is 55.0 Å². The lowest BCUT2D eigenvalue weighted by Gasteiger charge is -2.32. The Bertz CT molecular complexity index is 1170. The second-order valence-electron chi connectivity index (χ2n) is 7.97. The van der Waals surface area contributed by atoms with Crippen LogP contribution in [0.1, 0.15) is 47.6 Å². The van der Waals surface area contributed by atoms with Gasteiger partial charge in [-0.3, -0.25) is 24.7 Å². The highest BCUT2D eigenvalue weighted by Crippen LogP contribution is 2.30.